The Morgan fingerprint density at radius 2 is 2.20 bits per heavy atom. The van der Waals surface area contributed by atoms with Crippen LogP contribution in [-0.4, -0.2) is 32.8 Å². The maximum absolute atomic E-state index is 13.6. The zero-order chi connectivity index (χ0) is 14.3. The van der Waals surface area contributed by atoms with Gasteiger partial charge in [-0.2, -0.15) is 0 Å². The zero-order valence-electron chi connectivity index (χ0n) is 11.7. The molecule has 20 heavy (non-hydrogen) atoms. The predicted molar refractivity (Wildman–Crippen MR) is 94.2 cm³/mol. The van der Waals surface area contributed by atoms with E-state index in [0.29, 0.717) is 24.7 Å². The van der Waals surface area contributed by atoms with Crippen molar-refractivity contribution in [3.05, 3.63) is 34.1 Å². The number of methoxy groups -OCH3 is 1. The summed E-state index contributed by atoms with van der Waals surface area (Å²) in [5, 5.41) is 6.22. The highest BCUT2D eigenvalue weighted by atomic mass is 127. The van der Waals surface area contributed by atoms with Crippen molar-refractivity contribution in [2.75, 3.05) is 20.8 Å². The summed E-state index contributed by atoms with van der Waals surface area (Å²) in [6.07, 6.45) is 0. The van der Waals surface area contributed by atoms with Crippen molar-refractivity contribution in [2.45, 2.75) is 19.5 Å². The van der Waals surface area contributed by atoms with E-state index in [9.17, 15) is 4.39 Å². The maximum Gasteiger partial charge on any atom is 0.191 e. The lowest BCUT2D eigenvalue weighted by atomic mass is 10.2. The summed E-state index contributed by atoms with van der Waals surface area (Å²) in [5.41, 5.74) is 0.580. The maximum atomic E-state index is 13.6. The van der Waals surface area contributed by atoms with Crippen LogP contribution in [-0.2, 0) is 11.3 Å². The second kappa shape index (κ2) is 10.3. The number of ether oxygens (including phenoxy) is 1. The molecule has 0 fully saturated rings. The minimum atomic E-state index is -0.240. The minimum Gasteiger partial charge on any atom is -0.383 e. The molecule has 0 saturated heterocycles. The van der Waals surface area contributed by atoms with Gasteiger partial charge in [-0.05, 0) is 25.1 Å². The summed E-state index contributed by atoms with van der Waals surface area (Å²) in [4.78, 5) is 4.08. The Morgan fingerprint density at radius 3 is 2.80 bits per heavy atom. The smallest absolute Gasteiger partial charge is 0.191 e. The molecule has 4 nitrogen and oxygen atoms in total. The lowest BCUT2D eigenvalue weighted by Gasteiger charge is -2.17. The fourth-order valence-corrected chi connectivity index (χ4v) is 1.99. The van der Waals surface area contributed by atoms with E-state index in [1.165, 1.54) is 6.07 Å². The van der Waals surface area contributed by atoms with E-state index in [1.54, 1.807) is 26.3 Å². The predicted octanol–water partition coefficient (Wildman–Crippen LogP) is 2.91. The first-order valence-electron chi connectivity index (χ1n) is 5.97. The van der Waals surface area contributed by atoms with Crippen molar-refractivity contribution < 1.29 is 9.13 Å². The summed E-state index contributed by atoms with van der Waals surface area (Å²) < 4.78 is 19.4. The van der Waals surface area contributed by atoms with Crippen LogP contribution in [0.3, 0.4) is 0 Å². The Hall–Kier alpha value is -0.410. The van der Waals surface area contributed by atoms with Crippen molar-refractivity contribution >= 4 is 45.9 Å². The molecular weight excluding hydrogens is 440 g/mol. The number of nitrogens with one attached hydrogen (secondary N) is 2. The molecule has 1 rings (SSSR count). The number of hydrogen-bond acceptors (Lipinski definition) is 2. The van der Waals surface area contributed by atoms with E-state index >= 15 is 0 Å². The lowest BCUT2D eigenvalue weighted by molar-refractivity contribution is 0.179. The third kappa shape index (κ3) is 6.85. The molecule has 0 aliphatic rings. The average molecular weight is 460 g/mol. The molecule has 1 atom stereocenters. The fourth-order valence-electron chi connectivity index (χ4n) is 1.58. The summed E-state index contributed by atoms with van der Waals surface area (Å²) in [5.74, 6) is 0.375. The van der Waals surface area contributed by atoms with E-state index in [4.69, 9.17) is 4.74 Å². The Bertz CT molecular complexity index is 446. The van der Waals surface area contributed by atoms with Gasteiger partial charge < -0.3 is 15.4 Å². The van der Waals surface area contributed by atoms with E-state index in [-0.39, 0.29) is 35.8 Å². The molecule has 0 spiro atoms. The van der Waals surface area contributed by atoms with Gasteiger partial charge in [-0.25, -0.2) is 4.39 Å². The van der Waals surface area contributed by atoms with E-state index in [0.717, 1.165) is 4.47 Å². The standard InChI is InChI=1S/C13H19BrFN3O.HI/c1-9(8-19-3)18-13(16-2)17-7-10-6-11(14)4-5-12(10)15;/h4-6,9H,7-8H2,1-3H3,(H2,16,17,18);1H. The lowest BCUT2D eigenvalue weighted by Crippen LogP contribution is -2.43. The van der Waals surface area contributed by atoms with Gasteiger partial charge in [0.2, 0.25) is 0 Å². The van der Waals surface area contributed by atoms with Gasteiger partial charge in [0.05, 0.1) is 6.61 Å². The molecule has 1 aromatic carbocycles. The van der Waals surface area contributed by atoms with Gasteiger partial charge in [0.15, 0.2) is 5.96 Å². The van der Waals surface area contributed by atoms with Gasteiger partial charge in [0, 0.05) is 36.8 Å². The Kier molecular flexibility index (Phi) is 10.1. The second-order valence-corrected chi connectivity index (χ2v) is 5.08. The molecule has 0 aliphatic heterocycles. The molecule has 0 aromatic heterocycles. The van der Waals surface area contributed by atoms with Crippen molar-refractivity contribution in [1.82, 2.24) is 10.6 Å². The molecule has 0 amide bonds. The Morgan fingerprint density at radius 1 is 1.50 bits per heavy atom. The topological polar surface area (TPSA) is 45.7 Å². The second-order valence-electron chi connectivity index (χ2n) is 4.16. The highest BCUT2D eigenvalue weighted by Gasteiger charge is 2.07. The number of rotatable bonds is 5. The first-order valence-corrected chi connectivity index (χ1v) is 6.76. The number of nitrogens with zero attached hydrogens (tertiary/aromatic N) is 1. The third-order valence-electron chi connectivity index (χ3n) is 2.48. The molecule has 1 unspecified atom stereocenters. The monoisotopic (exact) mass is 459 g/mol. The van der Waals surface area contributed by atoms with Gasteiger partial charge in [-0.1, -0.05) is 15.9 Å². The SMILES string of the molecule is CN=C(NCc1cc(Br)ccc1F)NC(C)COC.I. The molecule has 0 bridgehead atoms. The van der Waals surface area contributed by atoms with Gasteiger partial charge in [0.1, 0.15) is 5.82 Å². The number of halogens is 3. The molecule has 2 N–H and O–H groups in total. The number of hydrogen-bond donors (Lipinski definition) is 2. The largest absolute Gasteiger partial charge is 0.383 e. The van der Waals surface area contributed by atoms with Crippen LogP contribution < -0.4 is 10.6 Å². The van der Waals surface area contributed by atoms with Gasteiger partial charge in [-0.3, -0.25) is 4.99 Å². The van der Waals surface area contributed by atoms with Crippen LogP contribution >= 0.6 is 39.9 Å². The molecule has 0 radical (unpaired) electrons. The highest BCUT2D eigenvalue weighted by Crippen LogP contribution is 2.15. The summed E-state index contributed by atoms with van der Waals surface area (Å²) in [7, 11) is 3.32. The third-order valence-corrected chi connectivity index (χ3v) is 2.97. The van der Waals surface area contributed by atoms with Crippen LogP contribution in [0.4, 0.5) is 4.39 Å². The zero-order valence-corrected chi connectivity index (χ0v) is 15.7. The van der Waals surface area contributed by atoms with Gasteiger partial charge in [0.25, 0.3) is 0 Å². The molecular formula is C13H20BrFIN3O. The van der Waals surface area contributed by atoms with Crippen molar-refractivity contribution in [3.63, 3.8) is 0 Å². The van der Waals surface area contributed by atoms with E-state index in [2.05, 4.69) is 31.6 Å². The first-order chi connectivity index (χ1) is 9.06. The fraction of sp³-hybridized carbons (Fsp3) is 0.462. The normalized spacial score (nSPS) is 12.6. The minimum absolute atomic E-state index is 0. The molecule has 7 heteroatoms. The van der Waals surface area contributed by atoms with E-state index in [1.807, 2.05) is 6.92 Å². The average Bonchev–Trinajstić information content (AvgIpc) is 2.38. The summed E-state index contributed by atoms with van der Waals surface area (Å²) >= 11 is 3.32. The van der Waals surface area contributed by atoms with Gasteiger partial charge in [-0.15, -0.1) is 24.0 Å². The van der Waals surface area contributed by atoms with Crippen LogP contribution in [0.5, 0.6) is 0 Å². The molecule has 0 aliphatic carbocycles. The number of guanidine groups is 1. The quantitative estimate of drug-likeness (QED) is 0.404. The van der Waals surface area contributed by atoms with Crippen LogP contribution in [0, 0.1) is 5.82 Å². The van der Waals surface area contributed by atoms with Crippen LogP contribution in [0.25, 0.3) is 0 Å². The van der Waals surface area contributed by atoms with Crippen LogP contribution in [0.2, 0.25) is 0 Å². The number of benzene rings is 1. The highest BCUT2D eigenvalue weighted by molar-refractivity contribution is 14.0. The van der Waals surface area contributed by atoms with E-state index < -0.39 is 0 Å². The van der Waals surface area contributed by atoms with Crippen LogP contribution in [0.15, 0.2) is 27.7 Å². The Labute approximate surface area is 144 Å². The molecule has 0 saturated carbocycles. The van der Waals surface area contributed by atoms with Gasteiger partial charge >= 0.3 is 0 Å². The van der Waals surface area contributed by atoms with Crippen molar-refractivity contribution in [1.29, 1.82) is 0 Å². The summed E-state index contributed by atoms with van der Waals surface area (Å²) in [6.45, 7) is 2.92. The molecule has 0 heterocycles. The first kappa shape index (κ1) is 19.6. The molecule has 1 aromatic rings. The number of aliphatic imine (C=N–C) groups is 1. The molecule has 114 valence electrons. The van der Waals surface area contributed by atoms with Crippen molar-refractivity contribution in [3.8, 4) is 0 Å². The van der Waals surface area contributed by atoms with Crippen molar-refractivity contribution in [2.24, 2.45) is 4.99 Å². The van der Waals surface area contributed by atoms with Crippen LogP contribution in [0.1, 0.15) is 12.5 Å². The summed E-state index contributed by atoms with van der Waals surface area (Å²) in [6, 6.07) is 4.98. The Balaban J connectivity index is 0.00000361.